The number of aliphatic hydroxyl groups is 1. The van der Waals surface area contributed by atoms with E-state index in [-0.39, 0.29) is 19.8 Å². The Morgan fingerprint density at radius 1 is 1.30 bits per heavy atom. The number of phosphoric acid groups is 1. The van der Waals surface area contributed by atoms with Crippen LogP contribution in [0.25, 0.3) is 0 Å². The van der Waals surface area contributed by atoms with E-state index in [2.05, 4.69) is 9.05 Å². The van der Waals surface area contributed by atoms with E-state index in [0.717, 1.165) is 19.3 Å². The molecule has 0 bridgehead atoms. The summed E-state index contributed by atoms with van der Waals surface area (Å²) in [5, 5.41) is 9.44. The molecular formula is C11H24NO7P. The van der Waals surface area contributed by atoms with E-state index >= 15 is 0 Å². The van der Waals surface area contributed by atoms with Gasteiger partial charge in [-0.15, -0.1) is 0 Å². The Kier molecular flexibility index (Phi) is 10.9. The first-order chi connectivity index (χ1) is 9.41. The van der Waals surface area contributed by atoms with Crippen molar-refractivity contribution in [2.45, 2.75) is 38.7 Å². The molecule has 0 aliphatic heterocycles. The second-order valence-corrected chi connectivity index (χ2v) is 5.63. The summed E-state index contributed by atoms with van der Waals surface area (Å²) in [6.07, 6.45) is 1.78. The zero-order valence-corrected chi connectivity index (χ0v) is 12.6. The van der Waals surface area contributed by atoms with Gasteiger partial charge in [0.05, 0.1) is 13.2 Å². The molecule has 0 radical (unpaired) electrons. The summed E-state index contributed by atoms with van der Waals surface area (Å²) in [4.78, 5) is 20.4. The molecule has 4 N–H and O–H groups in total. The number of hydrogen-bond acceptors (Lipinski definition) is 7. The number of aliphatic hydroxyl groups excluding tert-OH is 1. The molecule has 120 valence electrons. The maximum Gasteiger partial charge on any atom is 0.472 e. The summed E-state index contributed by atoms with van der Waals surface area (Å²) in [5.74, 6) is -0.413. The highest BCUT2D eigenvalue weighted by Crippen LogP contribution is 2.42. The summed E-state index contributed by atoms with van der Waals surface area (Å²) in [5.41, 5.74) is 5.10. The molecule has 0 aromatic carbocycles. The van der Waals surface area contributed by atoms with Crippen LogP contribution in [0.4, 0.5) is 0 Å². The van der Waals surface area contributed by atoms with Crippen LogP contribution in [0, 0.1) is 0 Å². The minimum Gasteiger partial charge on any atom is -0.463 e. The Labute approximate surface area is 118 Å². The number of esters is 1. The van der Waals surface area contributed by atoms with E-state index in [1.165, 1.54) is 0 Å². The third kappa shape index (κ3) is 11.3. The van der Waals surface area contributed by atoms with Gasteiger partial charge in [-0.05, 0) is 6.42 Å². The zero-order chi connectivity index (χ0) is 15.4. The zero-order valence-electron chi connectivity index (χ0n) is 11.7. The van der Waals surface area contributed by atoms with Gasteiger partial charge in [0.15, 0.2) is 0 Å². The van der Waals surface area contributed by atoms with Crippen molar-refractivity contribution in [2.24, 2.45) is 5.73 Å². The van der Waals surface area contributed by atoms with Crippen LogP contribution in [0.5, 0.6) is 0 Å². The molecule has 2 atom stereocenters. The molecule has 0 rings (SSSR count). The van der Waals surface area contributed by atoms with Crippen LogP contribution in [0.15, 0.2) is 0 Å². The number of rotatable bonds is 12. The lowest BCUT2D eigenvalue weighted by atomic mass is 10.2. The lowest BCUT2D eigenvalue weighted by Crippen LogP contribution is -2.23. The van der Waals surface area contributed by atoms with Gasteiger partial charge in [-0.25, -0.2) is 4.57 Å². The number of nitrogens with two attached hydrogens (primary N) is 1. The summed E-state index contributed by atoms with van der Waals surface area (Å²) >= 11 is 0. The quantitative estimate of drug-likeness (QED) is 0.271. The highest BCUT2D eigenvalue weighted by atomic mass is 31.2. The van der Waals surface area contributed by atoms with Crippen molar-refractivity contribution in [2.75, 3.05) is 26.4 Å². The Morgan fingerprint density at radius 3 is 2.60 bits per heavy atom. The van der Waals surface area contributed by atoms with Gasteiger partial charge in [0.2, 0.25) is 0 Å². The van der Waals surface area contributed by atoms with Crippen LogP contribution >= 0.6 is 7.82 Å². The van der Waals surface area contributed by atoms with Gasteiger partial charge in [-0.1, -0.05) is 19.8 Å². The molecule has 0 saturated heterocycles. The monoisotopic (exact) mass is 313 g/mol. The Hall–Kier alpha value is -0.500. The third-order valence-electron chi connectivity index (χ3n) is 2.22. The number of carbonyl (C=O) groups is 1. The molecule has 0 aromatic heterocycles. The average molecular weight is 313 g/mol. The second kappa shape index (κ2) is 11.2. The fourth-order valence-corrected chi connectivity index (χ4v) is 1.99. The molecule has 8 nitrogen and oxygen atoms in total. The molecule has 0 heterocycles. The normalized spacial score (nSPS) is 15.6. The number of unbranched alkanes of at least 4 members (excludes halogenated alkanes) is 2. The number of hydrogen-bond donors (Lipinski definition) is 3. The van der Waals surface area contributed by atoms with Crippen molar-refractivity contribution >= 4 is 13.8 Å². The molecule has 0 amide bonds. The van der Waals surface area contributed by atoms with Crippen LogP contribution in [-0.4, -0.2) is 48.4 Å². The van der Waals surface area contributed by atoms with Gasteiger partial charge >= 0.3 is 13.8 Å². The van der Waals surface area contributed by atoms with Gasteiger partial charge in [0, 0.05) is 13.0 Å². The van der Waals surface area contributed by atoms with Crippen LogP contribution in [0.3, 0.4) is 0 Å². The topological polar surface area (TPSA) is 128 Å². The number of carbonyl (C=O) groups excluding carboxylic acids is 1. The van der Waals surface area contributed by atoms with Gasteiger partial charge in [0.25, 0.3) is 0 Å². The van der Waals surface area contributed by atoms with Crippen molar-refractivity contribution in [3.05, 3.63) is 0 Å². The van der Waals surface area contributed by atoms with Crippen LogP contribution in [0.2, 0.25) is 0 Å². The first-order valence-corrected chi connectivity index (χ1v) is 8.06. The van der Waals surface area contributed by atoms with Crippen LogP contribution < -0.4 is 5.73 Å². The molecule has 0 fully saturated rings. The SMILES string of the molecule is CCCCCC(=O)OC[C@H](O)COP(=O)(O)OCCN. The molecule has 0 spiro atoms. The maximum absolute atomic E-state index is 11.2. The Bertz CT molecular complexity index is 313. The fraction of sp³-hybridized carbons (Fsp3) is 0.909. The van der Waals surface area contributed by atoms with Gasteiger partial charge in [-0.3, -0.25) is 13.8 Å². The van der Waals surface area contributed by atoms with E-state index in [4.69, 9.17) is 15.4 Å². The summed E-state index contributed by atoms with van der Waals surface area (Å²) in [6.45, 7) is 1.21. The lowest BCUT2D eigenvalue weighted by molar-refractivity contribution is -0.147. The Balaban J connectivity index is 3.74. The Morgan fingerprint density at radius 2 is 2.00 bits per heavy atom. The maximum atomic E-state index is 11.2. The van der Waals surface area contributed by atoms with Crippen LogP contribution in [-0.2, 0) is 23.1 Å². The van der Waals surface area contributed by atoms with E-state index in [1.807, 2.05) is 6.92 Å². The molecular weight excluding hydrogens is 289 g/mol. The highest BCUT2D eigenvalue weighted by Gasteiger charge is 2.22. The van der Waals surface area contributed by atoms with Gasteiger partial charge in [0.1, 0.15) is 12.7 Å². The standard InChI is InChI=1S/C11H24NO7P/c1-2-3-4-5-11(14)17-8-10(13)9-19-20(15,16)18-7-6-12/h10,13H,2-9,12H2,1H3,(H,15,16)/t10-/m0/s1. The smallest absolute Gasteiger partial charge is 0.463 e. The lowest BCUT2D eigenvalue weighted by Gasteiger charge is -2.15. The molecule has 1 unspecified atom stereocenters. The average Bonchev–Trinajstić information content (AvgIpc) is 2.41. The van der Waals surface area contributed by atoms with Crippen molar-refractivity contribution in [1.82, 2.24) is 0 Å². The van der Waals surface area contributed by atoms with E-state index in [0.29, 0.717) is 6.42 Å². The molecule has 0 aliphatic rings. The van der Waals surface area contributed by atoms with E-state index < -0.39 is 26.5 Å². The van der Waals surface area contributed by atoms with E-state index in [9.17, 15) is 14.5 Å². The largest absolute Gasteiger partial charge is 0.472 e. The minimum atomic E-state index is -4.21. The highest BCUT2D eigenvalue weighted by molar-refractivity contribution is 7.47. The fourth-order valence-electron chi connectivity index (χ4n) is 1.21. The van der Waals surface area contributed by atoms with Crippen molar-refractivity contribution in [3.8, 4) is 0 Å². The third-order valence-corrected chi connectivity index (χ3v) is 3.21. The van der Waals surface area contributed by atoms with Gasteiger partial charge in [-0.2, -0.15) is 0 Å². The summed E-state index contributed by atoms with van der Waals surface area (Å²) in [7, 11) is -4.21. The minimum absolute atomic E-state index is 0.0752. The summed E-state index contributed by atoms with van der Waals surface area (Å²) in [6, 6.07) is 0. The van der Waals surface area contributed by atoms with Gasteiger partial charge < -0.3 is 20.5 Å². The predicted octanol–water partition coefficient (Wildman–Crippen LogP) is 0.563. The summed E-state index contributed by atoms with van der Waals surface area (Å²) < 4.78 is 25.0. The van der Waals surface area contributed by atoms with Crippen molar-refractivity contribution in [1.29, 1.82) is 0 Å². The molecule has 0 aliphatic carbocycles. The molecule has 20 heavy (non-hydrogen) atoms. The van der Waals surface area contributed by atoms with E-state index in [1.54, 1.807) is 0 Å². The van der Waals surface area contributed by atoms with Crippen LogP contribution in [0.1, 0.15) is 32.6 Å². The van der Waals surface area contributed by atoms with Crippen molar-refractivity contribution in [3.63, 3.8) is 0 Å². The second-order valence-electron chi connectivity index (χ2n) is 4.18. The molecule has 9 heteroatoms. The number of phosphoric ester groups is 1. The number of ether oxygens (including phenoxy) is 1. The predicted molar refractivity (Wildman–Crippen MR) is 71.9 cm³/mol. The molecule has 0 saturated carbocycles. The first kappa shape index (κ1) is 19.5. The first-order valence-electron chi connectivity index (χ1n) is 6.57. The molecule has 0 aromatic rings. The van der Waals surface area contributed by atoms with Crippen molar-refractivity contribution < 1.29 is 33.1 Å².